The molecular weight excluding hydrogens is 450 g/mol. The Hall–Kier alpha value is -3.99. The molecule has 3 heterocycles. The number of nitrogens with zero attached hydrogens (tertiary/aromatic N) is 5. The maximum absolute atomic E-state index is 13.2. The number of ether oxygens (including phenoxy) is 1. The van der Waals surface area contributed by atoms with Crippen LogP contribution < -0.4 is 15.4 Å². The number of anilines is 1. The summed E-state index contributed by atoms with van der Waals surface area (Å²) < 4.78 is 7.22. The second-order valence-corrected chi connectivity index (χ2v) is 8.28. The van der Waals surface area contributed by atoms with Gasteiger partial charge in [-0.2, -0.15) is 0 Å². The number of benzene rings is 1. The van der Waals surface area contributed by atoms with Crippen molar-refractivity contribution in [3.8, 4) is 17.3 Å². The first kappa shape index (κ1) is 24.1. The minimum absolute atomic E-state index is 0.0723. The van der Waals surface area contributed by atoms with E-state index in [0.717, 1.165) is 11.1 Å². The van der Waals surface area contributed by atoms with E-state index in [-0.39, 0.29) is 24.6 Å². The number of rotatable bonds is 7. The van der Waals surface area contributed by atoms with Crippen LogP contribution in [0.2, 0.25) is 0 Å². The van der Waals surface area contributed by atoms with E-state index >= 15 is 0 Å². The van der Waals surface area contributed by atoms with Crippen molar-refractivity contribution in [2.75, 3.05) is 32.1 Å². The van der Waals surface area contributed by atoms with Crippen LogP contribution in [-0.4, -0.2) is 68.5 Å². The quantitative estimate of drug-likeness (QED) is 0.473. The molecule has 0 spiro atoms. The van der Waals surface area contributed by atoms with Crippen LogP contribution in [0.25, 0.3) is 11.5 Å². The zero-order valence-corrected chi connectivity index (χ0v) is 20.0. The van der Waals surface area contributed by atoms with Crippen molar-refractivity contribution in [3.63, 3.8) is 0 Å². The molecule has 0 saturated carbocycles. The number of carbonyl (C=O) groups is 2. The molecule has 2 aromatic heterocycles. The van der Waals surface area contributed by atoms with Gasteiger partial charge in [-0.1, -0.05) is 6.07 Å². The van der Waals surface area contributed by atoms with Crippen LogP contribution in [-0.2, 0) is 13.0 Å². The lowest BCUT2D eigenvalue weighted by Gasteiger charge is -2.29. The van der Waals surface area contributed by atoms with Gasteiger partial charge in [-0.3, -0.25) is 4.79 Å². The molecule has 11 nitrogen and oxygen atoms in total. The number of hydrogen-bond acceptors (Lipinski definition) is 7. The number of aromatic nitrogens is 4. The van der Waals surface area contributed by atoms with E-state index < -0.39 is 0 Å². The van der Waals surface area contributed by atoms with Gasteiger partial charge in [-0.25, -0.2) is 9.78 Å². The fraction of sp³-hybridized carbons (Fsp3) is 0.375. The van der Waals surface area contributed by atoms with E-state index in [2.05, 4.69) is 25.8 Å². The molecule has 3 amide bonds. The topological polar surface area (TPSA) is 134 Å². The Bertz CT molecular complexity index is 1230. The number of fused-ring (bicyclic) bond motifs is 1. The number of aliphatic hydroxyl groups is 1. The summed E-state index contributed by atoms with van der Waals surface area (Å²) in [5, 5.41) is 23.2. The predicted molar refractivity (Wildman–Crippen MR) is 129 cm³/mol. The fourth-order valence-corrected chi connectivity index (χ4v) is 4.02. The van der Waals surface area contributed by atoms with E-state index in [1.54, 1.807) is 33.7 Å². The third kappa shape index (κ3) is 5.09. The Kier molecular flexibility index (Phi) is 7.25. The molecule has 3 aromatic rings. The molecule has 1 unspecified atom stereocenters. The number of urea groups is 1. The monoisotopic (exact) mass is 479 g/mol. The summed E-state index contributed by atoms with van der Waals surface area (Å²) >= 11 is 0. The van der Waals surface area contributed by atoms with Gasteiger partial charge >= 0.3 is 6.03 Å². The molecule has 0 bridgehead atoms. The summed E-state index contributed by atoms with van der Waals surface area (Å²) in [5.41, 5.74) is 2.82. The third-order valence-corrected chi connectivity index (χ3v) is 5.93. The average Bonchev–Trinajstić information content (AvgIpc) is 3.37. The zero-order chi connectivity index (χ0) is 24.9. The van der Waals surface area contributed by atoms with Crippen molar-refractivity contribution < 1.29 is 19.4 Å². The molecule has 11 heteroatoms. The van der Waals surface area contributed by atoms with Gasteiger partial charge in [-0.05, 0) is 55.7 Å². The Morgan fingerprint density at radius 2 is 2.09 bits per heavy atom. The molecular formula is C24H29N7O4. The van der Waals surface area contributed by atoms with Gasteiger partial charge in [0.1, 0.15) is 23.6 Å². The number of carbonyl (C=O) groups excluding carboxylic acids is 2. The Morgan fingerprint density at radius 1 is 1.26 bits per heavy atom. The van der Waals surface area contributed by atoms with Gasteiger partial charge in [0.25, 0.3) is 5.91 Å². The smallest absolute Gasteiger partial charge is 0.317 e. The fourth-order valence-electron chi connectivity index (χ4n) is 4.02. The molecule has 184 valence electrons. The van der Waals surface area contributed by atoms with Crippen molar-refractivity contribution in [2.45, 2.75) is 32.9 Å². The number of methoxy groups -OCH3 is 1. The summed E-state index contributed by atoms with van der Waals surface area (Å²) in [5.74, 6) is 0.900. The molecule has 1 aliphatic rings. The predicted octanol–water partition coefficient (Wildman–Crippen LogP) is 2.24. The standard InChI is InChI=1S/C24H29N7O4/c1-4-25-24(34)30-9-8-16-11-20(35-3)18(10-17(16)12-30)23(33)28-21-7-5-6-19(27-21)22-29-26-14-31(22)15(2)13-32/h5-7,10-11,14-15,32H,4,8-9,12-13H2,1-3H3,(H,25,34)(H,27,28,33). The molecule has 3 N–H and O–H groups in total. The lowest BCUT2D eigenvalue weighted by molar-refractivity contribution is 0.102. The van der Waals surface area contributed by atoms with Crippen LogP contribution in [0.5, 0.6) is 5.75 Å². The van der Waals surface area contributed by atoms with Gasteiger partial charge in [0.2, 0.25) is 0 Å². The van der Waals surface area contributed by atoms with Crippen LogP contribution in [0, 0.1) is 0 Å². The lowest BCUT2D eigenvalue weighted by atomic mass is 9.96. The largest absolute Gasteiger partial charge is 0.496 e. The molecule has 1 aromatic carbocycles. The van der Waals surface area contributed by atoms with Crippen molar-refractivity contribution in [2.24, 2.45) is 0 Å². The van der Waals surface area contributed by atoms with Crippen molar-refractivity contribution in [1.82, 2.24) is 30.0 Å². The normalized spacial score (nSPS) is 13.7. The maximum atomic E-state index is 13.2. The summed E-state index contributed by atoms with van der Waals surface area (Å²) in [7, 11) is 1.52. The third-order valence-electron chi connectivity index (χ3n) is 5.93. The van der Waals surface area contributed by atoms with Crippen molar-refractivity contribution >= 4 is 17.8 Å². The second-order valence-electron chi connectivity index (χ2n) is 8.28. The van der Waals surface area contributed by atoms with Gasteiger partial charge in [0.15, 0.2) is 5.82 Å². The first-order valence-corrected chi connectivity index (χ1v) is 11.5. The molecule has 1 atom stereocenters. The van der Waals surface area contributed by atoms with Gasteiger partial charge in [0, 0.05) is 19.6 Å². The second kappa shape index (κ2) is 10.5. The zero-order valence-electron chi connectivity index (χ0n) is 20.0. The van der Waals surface area contributed by atoms with Crippen LogP contribution >= 0.6 is 0 Å². The molecule has 1 aliphatic heterocycles. The first-order valence-electron chi connectivity index (χ1n) is 11.5. The van der Waals surface area contributed by atoms with Crippen LogP contribution in [0.1, 0.15) is 41.4 Å². The molecule has 0 fully saturated rings. The van der Waals surface area contributed by atoms with E-state index in [1.807, 2.05) is 19.9 Å². The SMILES string of the molecule is CCNC(=O)N1CCc2cc(OC)c(C(=O)Nc3cccc(-c4nncn4C(C)CO)n3)cc2C1. The molecule has 0 aliphatic carbocycles. The number of amides is 3. The van der Waals surface area contributed by atoms with Gasteiger partial charge < -0.3 is 29.9 Å². The number of pyridine rings is 1. The van der Waals surface area contributed by atoms with Crippen LogP contribution in [0.4, 0.5) is 10.6 Å². The summed E-state index contributed by atoms with van der Waals surface area (Å²) in [6, 6.07) is 8.49. The molecule has 4 rings (SSSR count). The first-order chi connectivity index (χ1) is 16.9. The van der Waals surface area contributed by atoms with E-state index in [1.165, 1.54) is 13.4 Å². The highest BCUT2D eigenvalue weighted by Gasteiger charge is 2.24. The van der Waals surface area contributed by atoms with E-state index in [4.69, 9.17) is 4.74 Å². The summed E-state index contributed by atoms with van der Waals surface area (Å²) in [6.45, 7) is 5.22. The van der Waals surface area contributed by atoms with E-state index in [9.17, 15) is 14.7 Å². The minimum Gasteiger partial charge on any atom is -0.496 e. The summed E-state index contributed by atoms with van der Waals surface area (Å²) in [6.07, 6.45) is 2.21. The Morgan fingerprint density at radius 3 is 2.83 bits per heavy atom. The number of aliphatic hydroxyl groups excluding tert-OH is 1. The number of nitrogens with one attached hydrogen (secondary N) is 2. The van der Waals surface area contributed by atoms with Crippen LogP contribution in [0.15, 0.2) is 36.7 Å². The Labute approximate surface area is 203 Å². The minimum atomic E-state index is -0.380. The highest BCUT2D eigenvalue weighted by Crippen LogP contribution is 2.29. The molecule has 0 radical (unpaired) electrons. The summed E-state index contributed by atoms with van der Waals surface area (Å²) in [4.78, 5) is 31.8. The average molecular weight is 480 g/mol. The highest BCUT2D eigenvalue weighted by molar-refractivity contribution is 6.06. The molecule has 35 heavy (non-hydrogen) atoms. The highest BCUT2D eigenvalue weighted by atomic mass is 16.5. The van der Waals surface area contributed by atoms with E-state index in [0.29, 0.717) is 54.7 Å². The maximum Gasteiger partial charge on any atom is 0.317 e. The van der Waals surface area contributed by atoms with Crippen molar-refractivity contribution in [3.05, 3.63) is 53.3 Å². The number of hydrogen-bond donors (Lipinski definition) is 3. The van der Waals surface area contributed by atoms with Gasteiger partial charge in [-0.15, -0.1) is 10.2 Å². The van der Waals surface area contributed by atoms with Crippen molar-refractivity contribution in [1.29, 1.82) is 0 Å². The molecule has 0 saturated heterocycles. The Balaban J connectivity index is 1.58. The lowest BCUT2D eigenvalue weighted by Crippen LogP contribution is -2.42. The van der Waals surface area contributed by atoms with Gasteiger partial charge in [0.05, 0.1) is 25.3 Å². The van der Waals surface area contributed by atoms with Crippen LogP contribution in [0.3, 0.4) is 0 Å².